The largest absolute Gasteiger partial charge is 0.397 e. The monoisotopic (exact) mass is 301 g/mol. The maximum atomic E-state index is 8.88. The summed E-state index contributed by atoms with van der Waals surface area (Å²) in [5.41, 5.74) is 9.90. The van der Waals surface area contributed by atoms with Gasteiger partial charge in [-0.2, -0.15) is 5.26 Å². The first kappa shape index (κ1) is 12.5. The molecule has 0 amide bonds. The molecule has 3 N–H and O–H groups in total. The van der Waals surface area contributed by atoms with E-state index in [0.29, 0.717) is 11.3 Å². The van der Waals surface area contributed by atoms with Crippen LogP contribution in [0.2, 0.25) is 0 Å². The number of nitrogens with one attached hydrogen (secondary N) is 1. The predicted molar refractivity (Wildman–Crippen MR) is 77.7 cm³/mol. The van der Waals surface area contributed by atoms with Crippen molar-refractivity contribution in [3.63, 3.8) is 0 Å². The van der Waals surface area contributed by atoms with Crippen molar-refractivity contribution in [3.05, 3.63) is 52.0 Å². The summed E-state index contributed by atoms with van der Waals surface area (Å²) in [6.07, 6.45) is 0. The number of nitrogens with two attached hydrogens (primary N) is 1. The van der Waals surface area contributed by atoms with Crippen LogP contribution in [0.15, 0.2) is 40.9 Å². The molecule has 0 saturated carbocycles. The standard InChI is InChI=1S/C14H12BrN3/c1-9-2-5-13(11(15)6-9)18-14-7-10(8-16)3-4-12(14)17/h2-7,18H,17H2,1H3. The van der Waals surface area contributed by atoms with E-state index in [1.165, 1.54) is 5.56 Å². The zero-order valence-electron chi connectivity index (χ0n) is 9.87. The highest BCUT2D eigenvalue weighted by Crippen LogP contribution is 2.29. The van der Waals surface area contributed by atoms with Crippen molar-refractivity contribution < 1.29 is 0 Å². The molecular weight excluding hydrogens is 290 g/mol. The Morgan fingerprint density at radius 2 is 1.94 bits per heavy atom. The molecule has 4 heteroatoms. The number of halogens is 1. The number of nitriles is 1. The van der Waals surface area contributed by atoms with E-state index < -0.39 is 0 Å². The summed E-state index contributed by atoms with van der Waals surface area (Å²) < 4.78 is 0.962. The Bertz CT molecular complexity index is 629. The van der Waals surface area contributed by atoms with Gasteiger partial charge in [-0.25, -0.2) is 0 Å². The van der Waals surface area contributed by atoms with Gasteiger partial charge in [0.15, 0.2) is 0 Å². The molecule has 3 nitrogen and oxygen atoms in total. The third kappa shape index (κ3) is 2.63. The molecule has 0 radical (unpaired) electrons. The van der Waals surface area contributed by atoms with Crippen molar-refractivity contribution in [3.8, 4) is 6.07 Å². The number of aryl methyl sites for hydroxylation is 1. The van der Waals surface area contributed by atoms with Crippen molar-refractivity contribution in [2.24, 2.45) is 0 Å². The summed E-state index contributed by atoms with van der Waals surface area (Å²) in [4.78, 5) is 0. The Balaban J connectivity index is 2.37. The zero-order valence-corrected chi connectivity index (χ0v) is 11.5. The van der Waals surface area contributed by atoms with E-state index >= 15 is 0 Å². The fourth-order valence-corrected chi connectivity index (χ4v) is 2.19. The second kappa shape index (κ2) is 5.11. The molecule has 0 spiro atoms. The van der Waals surface area contributed by atoms with Gasteiger partial charge < -0.3 is 11.1 Å². The summed E-state index contributed by atoms with van der Waals surface area (Å²) in [6, 6.07) is 13.3. The zero-order chi connectivity index (χ0) is 13.1. The van der Waals surface area contributed by atoms with Gasteiger partial charge in [0.1, 0.15) is 0 Å². The topological polar surface area (TPSA) is 61.8 Å². The van der Waals surface area contributed by atoms with E-state index in [0.717, 1.165) is 15.8 Å². The lowest BCUT2D eigenvalue weighted by molar-refractivity contribution is 1.42. The van der Waals surface area contributed by atoms with Crippen LogP contribution in [0, 0.1) is 18.3 Å². The Hall–Kier alpha value is -1.99. The molecular formula is C14H12BrN3. The third-order valence-corrected chi connectivity index (χ3v) is 3.23. The van der Waals surface area contributed by atoms with Gasteiger partial charge in [-0.15, -0.1) is 0 Å². The maximum absolute atomic E-state index is 8.88. The van der Waals surface area contributed by atoms with Crippen LogP contribution in [0.25, 0.3) is 0 Å². The molecule has 0 fully saturated rings. The first-order valence-electron chi connectivity index (χ1n) is 5.43. The molecule has 0 aliphatic carbocycles. The van der Waals surface area contributed by atoms with Gasteiger partial charge >= 0.3 is 0 Å². The number of nitrogen functional groups attached to an aromatic ring is 1. The van der Waals surface area contributed by atoms with Crippen molar-refractivity contribution in [2.75, 3.05) is 11.1 Å². The summed E-state index contributed by atoms with van der Waals surface area (Å²) in [5.74, 6) is 0. The molecule has 0 heterocycles. The second-order valence-corrected chi connectivity index (χ2v) is 4.88. The highest BCUT2D eigenvalue weighted by atomic mass is 79.9. The molecule has 18 heavy (non-hydrogen) atoms. The molecule has 2 rings (SSSR count). The summed E-state index contributed by atoms with van der Waals surface area (Å²) in [7, 11) is 0. The van der Waals surface area contributed by atoms with E-state index in [1.807, 2.05) is 25.1 Å². The smallest absolute Gasteiger partial charge is 0.0992 e. The average molecular weight is 302 g/mol. The number of benzene rings is 2. The first-order valence-corrected chi connectivity index (χ1v) is 6.22. The lowest BCUT2D eigenvalue weighted by Crippen LogP contribution is -1.97. The number of hydrogen-bond acceptors (Lipinski definition) is 3. The summed E-state index contributed by atoms with van der Waals surface area (Å²) in [6.45, 7) is 2.03. The SMILES string of the molecule is Cc1ccc(Nc2cc(C#N)ccc2N)c(Br)c1. The van der Waals surface area contributed by atoms with Crippen LogP contribution in [0.4, 0.5) is 17.1 Å². The molecule has 0 atom stereocenters. The minimum atomic E-state index is 0.579. The minimum Gasteiger partial charge on any atom is -0.397 e. The van der Waals surface area contributed by atoms with Gasteiger partial charge in [-0.1, -0.05) is 6.07 Å². The van der Waals surface area contributed by atoms with Gasteiger partial charge in [0.05, 0.1) is 28.7 Å². The van der Waals surface area contributed by atoms with Crippen LogP contribution >= 0.6 is 15.9 Å². The Morgan fingerprint density at radius 3 is 2.61 bits per heavy atom. The van der Waals surface area contributed by atoms with Crippen LogP contribution in [0.1, 0.15) is 11.1 Å². The van der Waals surface area contributed by atoms with E-state index in [4.69, 9.17) is 11.0 Å². The van der Waals surface area contributed by atoms with Crippen LogP contribution in [-0.4, -0.2) is 0 Å². The van der Waals surface area contributed by atoms with E-state index in [-0.39, 0.29) is 0 Å². The van der Waals surface area contributed by atoms with Gasteiger partial charge in [0.2, 0.25) is 0 Å². The molecule has 90 valence electrons. The molecule has 0 aromatic heterocycles. The van der Waals surface area contributed by atoms with Gasteiger partial charge in [-0.3, -0.25) is 0 Å². The minimum absolute atomic E-state index is 0.579. The number of hydrogen-bond donors (Lipinski definition) is 2. The predicted octanol–water partition coefficient (Wildman–Crippen LogP) is 3.96. The number of nitrogens with zero attached hydrogens (tertiary/aromatic N) is 1. The van der Waals surface area contributed by atoms with Crippen LogP contribution in [0.5, 0.6) is 0 Å². The quantitative estimate of drug-likeness (QED) is 0.826. The van der Waals surface area contributed by atoms with E-state index in [1.54, 1.807) is 18.2 Å². The highest BCUT2D eigenvalue weighted by Gasteiger charge is 2.04. The molecule has 0 unspecified atom stereocenters. The third-order valence-electron chi connectivity index (χ3n) is 2.58. The van der Waals surface area contributed by atoms with Crippen LogP contribution in [-0.2, 0) is 0 Å². The fourth-order valence-electron chi connectivity index (χ4n) is 1.60. The molecule has 0 aliphatic rings. The molecule has 2 aromatic carbocycles. The van der Waals surface area contributed by atoms with Gasteiger partial charge in [0.25, 0.3) is 0 Å². The van der Waals surface area contributed by atoms with Crippen LogP contribution in [0.3, 0.4) is 0 Å². The number of rotatable bonds is 2. The van der Waals surface area contributed by atoms with Crippen molar-refractivity contribution >= 4 is 33.0 Å². The molecule has 0 bridgehead atoms. The molecule has 2 aromatic rings. The average Bonchev–Trinajstić information content (AvgIpc) is 2.35. The molecule has 0 aliphatic heterocycles. The van der Waals surface area contributed by atoms with Gasteiger partial charge in [0, 0.05) is 4.47 Å². The second-order valence-electron chi connectivity index (χ2n) is 4.02. The van der Waals surface area contributed by atoms with Crippen LogP contribution < -0.4 is 11.1 Å². The highest BCUT2D eigenvalue weighted by molar-refractivity contribution is 9.10. The van der Waals surface area contributed by atoms with E-state index in [9.17, 15) is 0 Å². The Kier molecular flexibility index (Phi) is 3.54. The van der Waals surface area contributed by atoms with Gasteiger partial charge in [-0.05, 0) is 58.7 Å². The lowest BCUT2D eigenvalue weighted by Gasteiger charge is -2.11. The maximum Gasteiger partial charge on any atom is 0.0992 e. The van der Waals surface area contributed by atoms with E-state index in [2.05, 4.69) is 27.3 Å². The lowest BCUT2D eigenvalue weighted by atomic mass is 10.1. The summed E-state index contributed by atoms with van der Waals surface area (Å²) in [5, 5.41) is 12.1. The fraction of sp³-hybridized carbons (Fsp3) is 0.0714. The Morgan fingerprint density at radius 1 is 1.17 bits per heavy atom. The number of anilines is 3. The van der Waals surface area contributed by atoms with Crippen molar-refractivity contribution in [1.82, 2.24) is 0 Å². The summed E-state index contributed by atoms with van der Waals surface area (Å²) >= 11 is 3.50. The Labute approximate surface area is 114 Å². The molecule has 0 saturated heterocycles. The van der Waals surface area contributed by atoms with Crippen molar-refractivity contribution in [2.45, 2.75) is 6.92 Å². The first-order chi connectivity index (χ1) is 8.60. The normalized spacial score (nSPS) is 9.83. The van der Waals surface area contributed by atoms with Crippen molar-refractivity contribution in [1.29, 1.82) is 5.26 Å².